The molecule has 0 aromatic carbocycles. The SMILES string of the molecule is CCCCCCCCCCCCCCC(=O)O[C@H](COC(=O)CCCCCCCCCCCCC)COP(=O)(O)OC[C@H](O)COP(=O)(O)OC[C@@H](COC(=O)CCCCCCCCCCCC(C)C)OC(=O)CCCCCCCCCCCCCCCCCCC(C)C. The third-order valence-corrected chi connectivity index (χ3v) is 19.4. The predicted octanol–water partition coefficient (Wildman–Crippen LogP) is 21.9. The van der Waals surface area contributed by atoms with Gasteiger partial charge in [-0.15, -0.1) is 0 Å². The highest BCUT2D eigenvalue weighted by molar-refractivity contribution is 7.47. The molecule has 19 heteroatoms. The Balaban J connectivity index is 5.22. The summed E-state index contributed by atoms with van der Waals surface area (Å²) in [5.41, 5.74) is 0. The molecule has 0 aliphatic rings. The van der Waals surface area contributed by atoms with Gasteiger partial charge in [0.05, 0.1) is 26.4 Å². The van der Waals surface area contributed by atoms with Crippen molar-refractivity contribution < 1.29 is 80.2 Å². The minimum Gasteiger partial charge on any atom is -0.462 e. The minimum absolute atomic E-state index is 0.108. The molecule has 0 aliphatic heterocycles. The summed E-state index contributed by atoms with van der Waals surface area (Å²) in [5.74, 6) is -0.563. The van der Waals surface area contributed by atoms with Crippen LogP contribution in [-0.2, 0) is 65.4 Å². The van der Waals surface area contributed by atoms with E-state index in [0.29, 0.717) is 25.7 Å². The highest BCUT2D eigenvalue weighted by Crippen LogP contribution is 2.45. The second-order valence-electron chi connectivity index (χ2n) is 28.0. The van der Waals surface area contributed by atoms with Gasteiger partial charge < -0.3 is 33.8 Å². The Morgan fingerprint density at radius 1 is 0.287 bits per heavy atom. The van der Waals surface area contributed by atoms with E-state index in [2.05, 4.69) is 41.5 Å². The van der Waals surface area contributed by atoms with Gasteiger partial charge in [0.2, 0.25) is 0 Å². The number of ether oxygens (including phenoxy) is 4. The number of aliphatic hydroxyl groups is 1. The van der Waals surface area contributed by atoms with Crippen molar-refractivity contribution in [2.24, 2.45) is 11.8 Å². The molecular formula is C75H146O17P2. The molecule has 3 N–H and O–H groups in total. The Kier molecular flexibility index (Phi) is 65.5. The summed E-state index contributed by atoms with van der Waals surface area (Å²) in [6.45, 7) is 9.60. The zero-order valence-corrected chi connectivity index (χ0v) is 63.1. The maximum absolute atomic E-state index is 13.1. The summed E-state index contributed by atoms with van der Waals surface area (Å²) in [6.07, 6.45) is 54.0. The summed E-state index contributed by atoms with van der Waals surface area (Å²) >= 11 is 0. The number of carbonyl (C=O) groups is 4. The van der Waals surface area contributed by atoms with Crippen LogP contribution in [0.2, 0.25) is 0 Å². The van der Waals surface area contributed by atoms with Gasteiger partial charge in [0, 0.05) is 25.7 Å². The summed E-state index contributed by atoms with van der Waals surface area (Å²) in [7, 11) is -9.91. The maximum atomic E-state index is 13.1. The van der Waals surface area contributed by atoms with Crippen molar-refractivity contribution in [2.45, 2.75) is 407 Å². The van der Waals surface area contributed by atoms with Crippen molar-refractivity contribution in [1.82, 2.24) is 0 Å². The summed E-state index contributed by atoms with van der Waals surface area (Å²) < 4.78 is 68.5. The van der Waals surface area contributed by atoms with Crippen LogP contribution in [0.5, 0.6) is 0 Å². The predicted molar refractivity (Wildman–Crippen MR) is 381 cm³/mol. The molecule has 2 unspecified atom stereocenters. The second kappa shape index (κ2) is 66.9. The molecule has 0 saturated heterocycles. The lowest BCUT2D eigenvalue weighted by atomic mass is 10.0. The number of hydrogen-bond donors (Lipinski definition) is 3. The van der Waals surface area contributed by atoms with E-state index >= 15 is 0 Å². The van der Waals surface area contributed by atoms with Crippen LogP contribution in [0, 0.1) is 11.8 Å². The lowest BCUT2D eigenvalue weighted by Gasteiger charge is -2.21. The van der Waals surface area contributed by atoms with Crippen LogP contribution < -0.4 is 0 Å². The van der Waals surface area contributed by atoms with Crippen molar-refractivity contribution in [3.05, 3.63) is 0 Å². The average molecular weight is 1380 g/mol. The first-order valence-corrected chi connectivity index (χ1v) is 42.0. The van der Waals surface area contributed by atoms with E-state index in [1.165, 1.54) is 205 Å². The van der Waals surface area contributed by atoms with E-state index < -0.39 is 97.5 Å². The molecule has 0 aromatic heterocycles. The van der Waals surface area contributed by atoms with Crippen molar-refractivity contribution >= 4 is 39.5 Å². The Morgan fingerprint density at radius 3 is 0.723 bits per heavy atom. The Bertz CT molecular complexity index is 1820. The topological polar surface area (TPSA) is 237 Å². The van der Waals surface area contributed by atoms with Crippen LogP contribution in [0.25, 0.3) is 0 Å². The van der Waals surface area contributed by atoms with Gasteiger partial charge in [-0.2, -0.15) is 0 Å². The molecule has 0 fully saturated rings. The van der Waals surface area contributed by atoms with Crippen molar-refractivity contribution in [2.75, 3.05) is 39.6 Å². The van der Waals surface area contributed by atoms with E-state index in [-0.39, 0.29) is 25.7 Å². The number of aliphatic hydroxyl groups excluding tert-OH is 1. The van der Waals surface area contributed by atoms with Gasteiger partial charge in [0.1, 0.15) is 19.3 Å². The smallest absolute Gasteiger partial charge is 0.462 e. The highest BCUT2D eigenvalue weighted by atomic mass is 31.2. The Labute approximate surface area is 575 Å². The van der Waals surface area contributed by atoms with E-state index in [1.807, 2.05) is 0 Å². The number of carbonyl (C=O) groups excluding carboxylic acids is 4. The third kappa shape index (κ3) is 68.6. The van der Waals surface area contributed by atoms with Crippen molar-refractivity contribution in [3.63, 3.8) is 0 Å². The fourth-order valence-corrected chi connectivity index (χ4v) is 13.1. The van der Waals surface area contributed by atoms with Gasteiger partial charge in [-0.05, 0) is 37.5 Å². The van der Waals surface area contributed by atoms with Crippen molar-refractivity contribution in [1.29, 1.82) is 0 Å². The summed E-state index contributed by atoms with van der Waals surface area (Å²) in [6, 6.07) is 0. The molecule has 0 bridgehead atoms. The fraction of sp³-hybridized carbons (Fsp3) is 0.947. The molecule has 0 rings (SSSR count). The first kappa shape index (κ1) is 92.1. The number of hydrogen-bond acceptors (Lipinski definition) is 15. The quantitative estimate of drug-likeness (QED) is 0.0222. The number of rotatable bonds is 74. The molecule has 0 saturated carbocycles. The Morgan fingerprint density at radius 2 is 0.489 bits per heavy atom. The molecule has 0 amide bonds. The number of esters is 4. The van der Waals surface area contributed by atoms with Gasteiger partial charge in [0.15, 0.2) is 12.2 Å². The van der Waals surface area contributed by atoms with Crippen LogP contribution in [0.1, 0.15) is 388 Å². The van der Waals surface area contributed by atoms with Crippen LogP contribution in [0.4, 0.5) is 0 Å². The van der Waals surface area contributed by atoms with Gasteiger partial charge in [-0.25, -0.2) is 9.13 Å². The molecule has 558 valence electrons. The first-order valence-electron chi connectivity index (χ1n) is 39.0. The van der Waals surface area contributed by atoms with E-state index in [4.69, 9.17) is 37.0 Å². The summed E-state index contributed by atoms with van der Waals surface area (Å²) in [5, 5.41) is 10.6. The van der Waals surface area contributed by atoms with Gasteiger partial charge in [0.25, 0.3) is 0 Å². The summed E-state index contributed by atoms with van der Waals surface area (Å²) in [4.78, 5) is 72.7. The maximum Gasteiger partial charge on any atom is 0.472 e. The average Bonchev–Trinajstić information content (AvgIpc) is 1.16. The zero-order valence-electron chi connectivity index (χ0n) is 61.3. The number of unbranched alkanes of at least 4 members (excludes halogenated alkanes) is 44. The lowest BCUT2D eigenvalue weighted by Crippen LogP contribution is -2.30. The molecule has 0 aromatic rings. The standard InChI is InChI=1S/C75H146O17P2/c1-7-9-11-13-15-17-19-28-34-41-47-53-59-74(79)91-70(63-85-72(77)57-51-45-39-33-26-18-16-14-12-10-8-2)65-89-93(81,82)87-61-69(76)62-88-94(83,84)90-66-71(64-86-73(78)58-52-46-40-36-30-32-38-44-50-56-68(5)6)92-75(80)60-54-48-42-35-29-25-23-21-20-22-24-27-31-37-43-49-55-67(3)4/h67-71,76H,7-66H2,1-6H3,(H,81,82)(H,83,84)/t69-,70+,71+/m0/s1. The van der Waals surface area contributed by atoms with Crippen molar-refractivity contribution in [3.8, 4) is 0 Å². The monoisotopic (exact) mass is 1380 g/mol. The van der Waals surface area contributed by atoms with Gasteiger partial charge >= 0.3 is 39.5 Å². The number of phosphoric ester groups is 2. The van der Waals surface area contributed by atoms with Crippen LogP contribution in [0.3, 0.4) is 0 Å². The van der Waals surface area contributed by atoms with Crippen LogP contribution in [-0.4, -0.2) is 96.7 Å². The second-order valence-corrected chi connectivity index (χ2v) is 30.9. The van der Waals surface area contributed by atoms with Gasteiger partial charge in [-0.3, -0.25) is 37.3 Å². The van der Waals surface area contributed by atoms with E-state index in [9.17, 15) is 43.2 Å². The first-order chi connectivity index (χ1) is 45.4. The van der Waals surface area contributed by atoms with E-state index in [1.54, 1.807) is 0 Å². The molecule has 0 heterocycles. The molecule has 0 aliphatic carbocycles. The fourth-order valence-electron chi connectivity index (χ4n) is 11.5. The normalized spacial score (nSPS) is 14.0. The molecule has 0 spiro atoms. The largest absolute Gasteiger partial charge is 0.472 e. The zero-order chi connectivity index (χ0) is 69.3. The molecule has 0 radical (unpaired) electrons. The molecule has 5 atom stereocenters. The van der Waals surface area contributed by atoms with E-state index in [0.717, 1.165) is 102 Å². The van der Waals surface area contributed by atoms with Crippen LogP contribution >= 0.6 is 15.6 Å². The number of phosphoric acid groups is 2. The Hall–Kier alpha value is -1.94. The van der Waals surface area contributed by atoms with Crippen LogP contribution in [0.15, 0.2) is 0 Å². The molecular weight excluding hydrogens is 1230 g/mol. The highest BCUT2D eigenvalue weighted by Gasteiger charge is 2.30. The third-order valence-electron chi connectivity index (χ3n) is 17.5. The minimum atomic E-state index is -4.96. The lowest BCUT2D eigenvalue weighted by molar-refractivity contribution is -0.161. The molecule has 94 heavy (non-hydrogen) atoms. The molecule has 17 nitrogen and oxygen atoms in total. The van der Waals surface area contributed by atoms with Gasteiger partial charge in [-0.1, -0.05) is 337 Å².